The molecule has 0 saturated carbocycles. The van der Waals surface area contributed by atoms with Crippen LogP contribution in [0.5, 0.6) is 0 Å². The summed E-state index contributed by atoms with van der Waals surface area (Å²) in [6, 6.07) is 19.1. The van der Waals surface area contributed by atoms with E-state index in [9.17, 15) is 9.59 Å². The first kappa shape index (κ1) is 16.0. The van der Waals surface area contributed by atoms with Crippen LogP contribution in [0.3, 0.4) is 0 Å². The summed E-state index contributed by atoms with van der Waals surface area (Å²) in [5.74, 6) is 0. The topological polar surface area (TPSA) is 40.6 Å². The second-order valence-electron chi connectivity index (χ2n) is 6.11. The fourth-order valence-electron chi connectivity index (χ4n) is 3.09. The standard InChI is InChI=1S/C20H20N2O2/c1-21(2)19(24)22-14-17(16-9-5-3-6-10-16)13-20(22,15-23)18-11-7-4-8-12-18/h3-13,15H,14H2,1-2H3. The molecule has 24 heavy (non-hydrogen) atoms. The molecule has 0 bridgehead atoms. The minimum atomic E-state index is -1.08. The molecule has 1 aliphatic rings. The van der Waals surface area contributed by atoms with Crippen LogP contribution in [0.25, 0.3) is 5.57 Å². The number of urea groups is 1. The van der Waals surface area contributed by atoms with Crippen molar-refractivity contribution >= 4 is 17.9 Å². The Hall–Kier alpha value is -2.88. The molecule has 0 radical (unpaired) electrons. The van der Waals surface area contributed by atoms with Gasteiger partial charge in [0.15, 0.2) is 6.29 Å². The summed E-state index contributed by atoms with van der Waals surface area (Å²) in [6.45, 7) is 0.397. The number of carbonyl (C=O) groups is 2. The Morgan fingerprint density at radius 3 is 2.17 bits per heavy atom. The van der Waals surface area contributed by atoms with Crippen molar-refractivity contribution in [2.75, 3.05) is 20.6 Å². The maximum absolute atomic E-state index is 12.7. The van der Waals surface area contributed by atoms with E-state index in [0.29, 0.717) is 6.54 Å². The fourth-order valence-corrected chi connectivity index (χ4v) is 3.09. The van der Waals surface area contributed by atoms with Gasteiger partial charge in [-0.15, -0.1) is 0 Å². The van der Waals surface area contributed by atoms with Gasteiger partial charge in [0, 0.05) is 20.6 Å². The third-order valence-electron chi connectivity index (χ3n) is 4.34. The van der Waals surface area contributed by atoms with Gasteiger partial charge in [0.25, 0.3) is 0 Å². The molecule has 2 amide bonds. The minimum absolute atomic E-state index is 0.187. The zero-order valence-corrected chi connectivity index (χ0v) is 13.8. The van der Waals surface area contributed by atoms with Crippen LogP contribution in [0.2, 0.25) is 0 Å². The fraction of sp³-hybridized carbons (Fsp3) is 0.200. The first-order chi connectivity index (χ1) is 11.6. The summed E-state index contributed by atoms with van der Waals surface area (Å²) in [7, 11) is 3.40. The van der Waals surface area contributed by atoms with Crippen molar-refractivity contribution in [1.82, 2.24) is 9.80 Å². The van der Waals surface area contributed by atoms with Crippen molar-refractivity contribution in [2.45, 2.75) is 5.54 Å². The number of carbonyl (C=O) groups excluding carboxylic acids is 2. The first-order valence-electron chi connectivity index (χ1n) is 7.86. The van der Waals surface area contributed by atoms with Gasteiger partial charge in [-0.25, -0.2) is 4.79 Å². The maximum Gasteiger partial charge on any atom is 0.321 e. The molecule has 0 spiro atoms. The zero-order chi connectivity index (χ0) is 17.2. The highest BCUT2D eigenvalue weighted by Gasteiger charge is 2.45. The molecular weight excluding hydrogens is 300 g/mol. The van der Waals surface area contributed by atoms with E-state index in [4.69, 9.17) is 0 Å². The molecule has 3 rings (SSSR count). The quantitative estimate of drug-likeness (QED) is 0.815. The lowest BCUT2D eigenvalue weighted by atomic mass is 9.90. The van der Waals surface area contributed by atoms with Crippen molar-refractivity contribution in [1.29, 1.82) is 0 Å². The highest BCUT2D eigenvalue weighted by atomic mass is 16.2. The Bertz CT molecular complexity index is 769. The number of hydrogen-bond acceptors (Lipinski definition) is 2. The van der Waals surface area contributed by atoms with Gasteiger partial charge in [0.2, 0.25) is 0 Å². The number of aldehydes is 1. The first-order valence-corrected chi connectivity index (χ1v) is 7.86. The van der Waals surface area contributed by atoms with Gasteiger partial charge in [-0.3, -0.25) is 4.79 Å². The summed E-state index contributed by atoms with van der Waals surface area (Å²) in [5.41, 5.74) is 1.71. The number of nitrogens with zero attached hydrogens (tertiary/aromatic N) is 2. The van der Waals surface area contributed by atoms with Gasteiger partial charge in [0.05, 0.1) is 0 Å². The summed E-state index contributed by atoms with van der Waals surface area (Å²) in [4.78, 5) is 28.0. The van der Waals surface area contributed by atoms with Crippen molar-refractivity contribution < 1.29 is 9.59 Å². The molecule has 0 aliphatic carbocycles. The lowest BCUT2D eigenvalue weighted by Gasteiger charge is -2.35. The summed E-state index contributed by atoms with van der Waals surface area (Å²) in [5, 5.41) is 0. The van der Waals surface area contributed by atoms with E-state index in [1.807, 2.05) is 66.7 Å². The van der Waals surface area contributed by atoms with Gasteiger partial charge in [-0.05, 0) is 22.8 Å². The molecule has 0 saturated heterocycles. The molecule has 2 aromatic carbocycles. The van der Waals surface area contributed by atoms with E-state index in [2.05, 4.69) is 0 Å². The molecular formula is C20H20N2O2. The Morgan fingerprint density at radius 2 is 1.62 bits per heavy atom. The Labute approximate surface area is 142 Å². The van der Waals surface area contributed by atoms with E-state index in [1.54, 1.807) is 19.0 Å². The maximum atomic E-state index is 12.7. The smallest absolute Gasteiger partial charge is 0.321 e. The molecule has 0 N–H and O–H groups in total. The van der Waals surface area contributed by atoms with Gasteiger partial charge in [-0.1, -0.05) is 60.7 Å². The normalized spacial score (nSPS) is 19.8. The molecule has 1 heterocycles. The monoisotopic (exact) mass is 320 g/mol. The highest BCUT2D eigenvalue weighted by Crippen LogP contribution is 2.39. The van der Waals surface area contributed by atoms with Crippen LogP contribution in [0, 0.1) is 0 Å². The predicted octanol–water partition coefficient (Wildman–Crippen LogP) is 3.16. The van der Waals surface area contributed by atoms with Gasteiger partial charge >= 0.3 is 6.03 Å². The van der Waals surface area contributed by atoms with Crippen LogP contribution in [-0.2, 0) is 10.3 Å². The van der Waals surface area contributed by atoms with E-state index >= 15 is 0 Å². The number of amides is 2. The van der Waals surface area contributed by atoms with E-state index in [0.717, 1.165) is 23.0 Å². The van der Waals surface area contributed by atoms with Gasteiger partial charge < -0.3 is 9.80 Å². The van der Waals surface area contributed by atoms with E-state index in [1.165, 1.54) is 4.90 Å². The zero-order valence-electron chi connectivity index (χ0n) is 13.8. The van der Waals surface area contributed by atoms with Crippen LogP contribution in [0.1, 0.15) is 11.1 Å². The lowest BCUT2D eigenvalue weighted by molar-refractivity contribution is -0.114. The van der Waals surface area contributed by atoms with Crippen LogP contribution in [-0.4, -0.2) is 42.8 Å². The molecule has 122 valence electrons. The van der Waals surface area contributed by atoms with E-state index in [-0.39, 0.29) is 6.03 Å². The summed E-state index contributed by atoms with van der Waals surface area (Å²) < 4.78 is 0. The Kier molecular flexibility index (Phi) is 4.21. The molecule has 1 unspecified atom stereocenters. The van der Waals surface area contributed by atoms with Crippen molar-refractivity contribution in [2.24, 2.45) is 0 Å². The van der Waals surface area contributed by atoms with Crippen LogP contribution in [0.4, 0.5) is 4.79 Å². The average Bonchev–Trinajstić information content (AvgIpc) is 3.03. The number of hydrogen-bond donors (Lipinski definition) is 0. The number of benzene rings is 2. The number of rotatable bonds is 3. The third kappa shape index (κ3) is 2.60. The summed E-state index contributed by atoms with van der Waals surface area (Å²) in [6.07, 6.45) is 2.77. The molecule has 2 aromatic rings. The molecule has 0 aromatic heterocycles. The summed E-state index contributed by atoms with van der Waals surface area (Å²) >= 11 is 0. The van der Waals surface area contributed by atoms with Crippen molar-refractivity contribution in [3.05, 3.63) is 77.9 Å². The van der Waals surface area contributed by atoms with Crippen LogP contribution < -0.4 is 0 Å². The van der Waals surface area contributed by atoms with Crippen molar-refractivity contribution in [3.8, 4) is 0 Å². The lowest BCUT2D eigenvalue weighted by Crippen LogP contribution is -2.50. The SMILES string of the molecule is CN(C)C(=O)N1CC(c2ccccc2)=CC1(C=O)c1ccccc1. The van der Waals surface area contributed by atoms with Crippen LogP contribution in [0.15, 0.2) is 66.7 Å². The molecule has 0 fully saturated rings. The second-order valence-corrected chi connectivity index (χ2v) is 6.11. The van der Waals surface area contributed by atoms with E-state index < -0.39 is 5.54 Å². The third-order valence-corrected chi connectivity index (χ3v) is 4.34. The van der Waals surface area contributed by atoms with Gasteiger partial charge in [-0.2, -0.15) is 0 Å². The molecule has 4 heteroatoms. The minimum Gasteiger partial charge on any atom is -0.331 e. The molecule has 4 nitrogen and oxygen atoms in total. The second kappa shape index (κ2) is 6.32. The van der Waals surface area contributed by atoms with Crippen molar-refractivity contribution in [3.63, 3.8) is 0 Å². The highest BCUT2D eigenvalue weighted by molar-refractivity contribution is 5.90. The van der Waals surface area contributed by atoms with Crippen LogP contribution >= 0.6 is 0 Å². The Morgan fingerprint density at radius 1 is 1.04 bits per heavy atom. The average molecular weight is 320 g/mol. The predicted molar refractivity (Wildman–Crippen MR) is 94.4 cm³/mol. The Balaban J connectivity index is 2.14. The van der Waals surface area contributed by atoms with Gasteiger partial charge in [0.1, 0.15) is 5.54 Å². The molecule has 1 atom stereocenters. The molecule has 1 aliphatic heterocycles. The largest absolute Gasteiger partial charge is 0.331 e.